The first-order valence-electron chi connectivity index (χ1n) is 4.81. The second-order valence-electron chi connectivity index (χ2n) is 3.80. The summed E-state index contributed by atoms with van der Waals surface area (Å²) in [7, 11) is -3.29. The van der Waals surface area contributed by atoms with Crippen LogP contribution in [0.15, 0.2) is 22.5 Å². The molecule has 16 heavy (non-hydrogen) atoms. The van der Waals surface area contributed by atoms with Gasteiger partial charge in [-0.05, 0) is 32.0 Å². The number of hydrogen-bond acceptors (Lipinski definition) is 5. The average Bonchev–Trinajstić information content (AvgIpc) is 2.60. The van der Waals surface area contributed by atoms with E-state index in [0.717, 1.165) is 4.70 Å². The maximum atomic E-state index is 11.9. The van der Waals surface area contributed by atoms with Crippen LogP contribution in [-0.4, -0.2) is 18.7 Å². The highest BCUT2D eigenvalue weighted by Crippen LogP contribution is 2.28. The average molecular weight is 256 g/mol. The van der Waals surface area contributed by atoms with Crippen LogP contribution in [0.1, 0.15) is 13.8 Å². The van der Waals surface area contributed by atoms with Crippen molar-refractivity contribution in [1.82, 2.24) is 4.98 Å². The van der Waals surface area contributed by atoms with E-state index in [1.165, 1.54) is 11.3 Å². The number of benzene rings is 1. The van der Waals surface area contributed by atoms with Crippen molar-refractivity contribution in [3.05, 3.63) is 18.2 Å². The highest BCUT2D eigenvalue weighted by molar-refractivity contribution is 7.94. The first-order chi connectivity index (χ1) is 7.41. The molecule has 0 unspecified atom stereocenters. The molecule has 1 heterocycles. The van der Waals surface area contributed by atoms with E-state index in [4.69, 9.17) is 5.73 Å². The Balaban J connectivity index is 2.65. The highest BCUT2D eigenvalue weighted by Gasteiger charge is 2.23. The summed E-state index contributed by atoms with van der Waals surface area (Å²) in [6.07, 6.45) is 0. The number of nitrogens with two attached hydrogens (primary N) is 1. The summed E-state index contributed by atoms with van der Waals surface area (Å²) < 4.78 is 24.8. The molecule has 86 valence electrons. The van der Waals surface area contributed by atoms with Gasteiger partial charge < -0.3 is 5.73 Å². The third-order valence-corrected chi connectivity index (χ3v) is 5.84. The zero-order chi connectivity index (χ0) is 11.9. The Morgan fingerprint density at radius 3 is 2.69 bits per heavy atom. The largest absolute Gasteiger partial charge is 0.399 e. The van der Waals surface area contributed by atoms with E-state index in [0.29, 0.717) is 11.2 Å². The fourth-order valence-corrected chi connectivity index (χ4v) is 3.93. The number of anilines is 1. The van der Waals surface area contributed by atoms with Gasteiger partial charge in [0.25, 0.3) is 0 Å². The van der Waals surface area contributed by atoms with Crippen LogP contribution in [-0.2, 0) is 9.84 Å². The summed E-state index contributed by atoms with van der Waals surface area (Å²) in [5, 5.41) is -0.453. The Morgan fingerprint density at radius 2 is 2.06 bits per heavy atom. The molecule has 2 N–H and O–H groups in total. The monoisotopic (exact) mass is 256 g/mol. The summed E-state index contributed by atoms with van der Waals surface area (Å²) in [6, 6.07) is 5.20. The van der Waals surface area contributed by atoms with Crippen LogP contribution in [0.3, 0.4) is 0 Å². The van der Waals surface area contributed by atoms with Crippen LogP contribution in [0.5, 0.6) is 0 Å². The van der Waals surface area contributed by atoms with Crippen LogP contribution < -0.4 is 5.73 Å². The lowest BCUT2D eigenvalue weighted by atomic mass is 10.3. The number of fused-ring (bicyclic) bond motifs is 1. The van der Waals surface area contributed by atoms with Gasteiger partial charge in [0.15, 0.2) is 0 Å². The summed E-state index contributed by atoms with van der Waals surface area (Å²) in [5.41, 5.74) is 6.93. The minimum atomic E-state index is -3.29. The Hall–Kier alpha value is -1.14. The number of thiazole rings is 1. The number of hydrogen-bond donors (Lipinski definition) is 1. The minimum Gasteiger partial charge on any atom is -0.399 e. The molecule has 0 aliphatic heterocycles. The molecule has 0 saturated heterocycles. The number of nitrogen functional groups attached to an aromatic ring is 1. The number of nitrogens with zero attached hydrogens (tertiary/aromatic N) is 1. The lowest BCUT2D eigenvalue weighted by Crippen LogP contribution is -2.13. The van der Waals surface area contributed by atoms with Crippen molar-refractivity contribution >= 4 is 37.1 Å². The standard InChI is InChI=1S/C10H12N2O2S2/c1-6(2)16(13,14)10-12-8-4-3-7(11)5-9(8)15-10/h3-6H,11H2,1-2H3. The van der Waals surface area contributed by atoms with Gasteiger partial charge in [-0.1, -0.05) is 0 Å². The van der Waals surface area contributed by atoms with Crippen LogP contribution >= 0.6 is 11.3 Å². The van der Waals surface area contributed by atoms with E-state index in [1.807, 2.05) is 0 Å². The quantitative estimate of drug-likeness (QED) is 0.835. The maximum Gasteiger partial charge on any atom is 0.210 e. The summed E-state index contributed by atoms with van der Waals surface area (Å²) >= 11 is 1.17. The number of aromatic nitrogens is 1. The van der Waals surface area contributed by atoms with Gasteiger partial charge in [-0.3, -0.25) is 0 Å². The van der Waals surface area contributed by atoms with E-state index >= 15 is 0 Å². The summed E-state index contributed by atoms with van der Waals surface area (Å²) in [4.78, 5) is 4.12. The molecule has 0 aliphatic rings. The highest BCUT2D eigenvalue weighted by atomic mass is 32.2. The minimum absolute atomic E-state index is 0.170. The lowest BCUT2D eigenvalue weighted by Gasteiger charge is -2.01. The Bertz CT molecular complexity index is 629. The van der Waals surface area contributed by atoms with Crippen molar-refractivity contribution < 1.29 is 8.42 Å². The Kier molecular flexibility index (Phi) is 2.63. The lowest BCUT2D eigenvalue weighted by molar-refractivity contribution is 0.587. The van der Waals surface area contributed by atoms with E-state index < -0.39 is 15.1 Å². The van der Waals surface area contributed by atoms with E-state index in [-0.39, 0.29) is 4.34 Å². The normalized spacial score (nSPS) is 12.4. The molecule has 2 rings (SSSR count). The molecule has 0 radical (unpaired) electrons. The van der Waals surface area contributed by atoms with Crippen molar-refractivity contribution in [2.45, 2.75) is 23.4 Å². The zero-order valence-corrected chi connectivity index (χ0v) is 10.6. The molecule has 6 heteroatoms. The van der Waals surface area contributed by atoms with E-state index in [1.54, 1.807) is 32.0 Å². The third kappa shape index (κ3) is 1.78. The molecule has 1 aromatic carbocycles. The van der Waals surface area contributed by atoms with E-state index in [9.17, 15) is 8.42 Å². The molecule has 2 aromatic rings. The zero-order valence-electron chi connectivity index (χ0n) is 8.97. The molecule has 4 nitrogen and oxygen atoms in total. The number of sulfone groups is 1. The predicted octanol–water partition coefficient (Wildman–Crippen LogP) is 2.06. The molecule has 0 amide bonds. The van der Waals surface area contributed by atoms with Crippen molar-refractivity contribution in [3.63, 3.8) is 0 Å². The van der Waals surface area contributed by atoms with Crippen molar-refractivity contribution in [2.24, 2.45) is 0 Å². The maximum absolute atomic E-state index is 11.9. The molecular weight excluding hydrogens is 244 g/mol. The van der Waals surface area contributed by atoms with Gasteiger partial charge in [-0.15, -0.1) is 11.3 Å². The molecule has 0 bridgehead atoms. The van der Waals surface area contributed by atoms with Gasteiger partial charge in [0.05, 0.1) is 15.5 Å². The number of rotatable bonds is 2. The van der Waals surface area contributed by atoms with Crippen molar-refractivity contribution in [3.8, 4) is 0 Å². The molecule has 0 aliphatic carbocycles. The van der Waals surface area contributed by atoms with Gasteiger partial charge in [0, 0.05) is 5.69 Å². The first-order valence-corrected chi connectivity index (χ1v) is 7.17. The first kappa shape index (κ1) is 11.3. The van der Waals surface area contributed by atoms with Crippen molar-refractivity contribution in [1.29, 1.82) is 0 Å². The van der Waals surface area contributed by atoms with Gasteiger partial charge in [-0.25, -0.2) is 13.4 Å². The van der Waals surface area contributed by atoms with Crippen LogP contribution in [0.2, 0.25) is 0 Å². The molecular formula is C10H12N2O2S2. The molecule has 0 fully saturated rings. The smallest absolute Gasteiger partial charge is 0.210 e. The Morgan fingerprint density at radius 1 is 1.38 bits per heavy atom. The van der Waals surface area contributed by atoms with Crippen LogP contribution in [0.4, 0.5) is 5.69 Å². The molecule has 0 atom stereocenters. The summed E-state index contributed by atoms with van der Waals surface area (Å²) in [6.45, 7) is 3.30. The fourth-order valence-electron chi connectivity index (χ4n) is 1.24. The SMILES string of the molecule is CC(C)S(=O)(=O)c1nc2ccc(N)cc2s1. The summed E-state index contributed by atoms with van der Waals surface area (Å²) in [5.74, 6) is 0. The molecule has 1 aromatic heterocycles. The van der Waals surface area contributed by atoms with Crippen LogP contribution in [0.25, 0.3) is 10.2 Å². The van der Waals surface area contributed by atoms with E-state index in [2.05, 4.69) is 4.98 Å². The predicted molar refractivity (Wildman–Crippen MR) is 66.4 cm³/mol. The molecule has 0 saturated carbocycles. The topological polar surface area (TPSA) is 73.0 Å². The second-order valence-corrected chi connectivity index (χ2v) is 7.51. The third-order valence-electron chi connectivity index (χ3n) is 2.26. The Labute approximate surface area is 98.0 Å². The van der Waals surface area contributed by atoms with Gasteiger partial charge in [-0.2, -0.15) is 0 Å². The van der Waals surface area contributed by atoms with Crippen molar-refractivity contribution in [2.75, 3.05) is 5.73 Å². The fraction of sp³-hybridized carbons (Fsp3) is 0.300. The van der Waals surface area contributed by atoms with Crippen LogP contribution in [0, 0.1) is 0 Å². The second kappa shape index (κ2) is 3.71. The molecule has 0 spiro atoms. The van der Waals surface area contributed by atoms with Gasteiger partial charge in [0.1, 0.15) is 0 Å². The van der Waals surface area contributed by atoms with Gasteiger partial charge >= 0.3 is 0 Å². The van der Waals surface area contributed by atoms with Gasteiger partial charge in [0.2, 0.25) is 14.2 Å².